The summed E-state index contributed by atoms with van der Waals surface area (Å²) in [6.07, 6.45) is 4.01. The Morgan fingerprint density at radius 3 is 2.70 bits per heavy atom. The summed E-state index contributed by atoms with van der Waals surface area (Å²) in [7, 11) is 0. The minimum absolute atomic E-state index is 0.133. The van der Waals surface area contributed by atoms with E-state index in [0.717, 1.165) is 17.5 Å². The zero-order chi connectivity index (χ0) is 14.1. The fourth-order valence-corrected chi connectivity index (χ4v) is 3.21. The van der Waals surface area contributed by atoms with Crippen molar-refractivity contribution in [3.63, 3.8) is 0 Å². The summed E-state index contributed by atoms with van der Waals surface area (Å²) in [5.41, 5.74) is 5.69. The minimum atomic E-state index is 0.133. The predicted molar refractivity (Wildman–Crippen MR) is 82.7 cm³/mol. The number of halogens is 1. The summed E-state index contributed by atoms with van der Waals surface area (Å²) in [6, 6.07) is 12.0. The quantitative estimate of drug-likeness (QED) is 0.755. The number of Topliss-reactive ketones (excluding diaryl/α,β-unsaturated/α-hetero) is 1. The molecule has 0 fully saturated rings. The maximum Gasteiger partial charge on any atom is 0.167 e. The number of carbonyl (C=O) groups is 1. The Hall–Kier alpha value is -1.60. The van der Waals surface area contributed by atoms with Gasteiger partial charge >= 0.3 is 0 Å². The molecule has 1 aliphatic rings. The first-order valence-electron chi connectivity index (χ1n) is 7.03. The van der Waals surface area contributed by atoms with Crippen LogP contribution in [0.2, 0.25) is 5.02 Å². The van der Waals surface area contributed by atoms with Crippen molar-refractivity contribution in [1.29, 1.82) is 0 Å². The molecule has 0 aliphatic heterocycles. The fourth-order valence-electron chi connectivity index (χ4n) is 2.92. The summed E-state index contributed by atoms with van der Waals surface area (Å²) in [6.45, 7) is 1.96. The van der Waals surface area contributed by atoms with Crippen LogP contribution >= 0.6 is 11.6 Å². The molecule has 0 heterocycles. The molecule has 0 bridgehead atoms. The van der Waals surface area contributed by atoms with Gasteiger partial charge in [0.05, 0.1) is 0 Å². The van der Waals surface area contributed by atoms with Gasteiger partial charge in [0.25, 0.3) is 0 Å². The first-order valence-corrected chi connectivity index (χ1v) is 7.41. The van der Waals surface area contributed by atoms with E-state index in [9.17, 15) is 4.79 Å². The zero-order valence-electron chi connectivity index (χ0n) is 11.6. The molecule has 0 N–H and O–H groups in total. The Bertz CT molecular complexity index is 653. The Balaban J connectivity index is 1.82. The van der Waals surface area contributed by atoms with Crippen LogP contribution in [0.5, 0.6) is 0 Å². The third kappa shape index (κ3) is 2.78. The van der Waals surface area contributed by atoms with E-state index in [0.29, 0.717) is 17.0 Å². The van der Waals surface area contributed by atoms with Gasteiger partial charge in [0.1, 0.15) is 0 Å². The van der Waals surface area contributed by atoms with E-state index in [4.69, 9.17) is 11.6 Å². The maximum absolute atomic E-state index is 12.4. The van der Waals surface area contributed by atoms with Crippen LogP contribution in [0.1, 0.15) is 39.0 Å². The lowest BCUT2D eigenvalue weighted by molar-refractivity contribution is 0.0993. The molecule has 2 aromatic rings. The van der Waals surface area contributed by atoms with Crippen molar-refractivity contribution >= 4 is 17.4 Å². The van der Waals surface area contributed by atoms with Gasteiger partial charge in [0.2, 0.25) is 0 Å². The van der Waals surface area contributed by atoms with E-state index in [1.807, 2.05) is 19.1 Å². The van der Waals surface area contributed by atoms with Gasteiger partial charge in [-0.15, -0.1) is 0 Å². The number of benzene rings is 2. The third-order valence-electron chi connectivity index (χ3n) is 3.89. The van der Waals surface area contributed by atoms with E-state index in [-0.39, 0.29) is 5.78 Å². The third-order valence-corrected chi connectivity index (χ3v) is 4.11. The van der Waals surface area contributed by atoms with Crippen LogP contribution < -0.4 is 0 Å². The molecule has 0 amide bonds. The number of rotatable bonds is 3. The van der Waals surface area contributed by atoms with Crippen LogP contribution in [0.3, 0.4) is 0 Å². The minimum Gasteiger partial charge on any atom is -0.294 e. The number of fused-ring (bicyclic) bond motifs is 1. The molecule has 3 rings (SSSR count). The SMILES string of the molecule is Cc1cc(Cl)cc(C(=O)Cc2ccc3c(c2)CCC3)c1. The van der Waals surface area contributed by atoms with E-state index >= 15 is 0 Å². The molecular formula is C18H17ClO. The van der Waals surface area contributed by atoms with E-state index in [1.54, 1.807) is 6.07 Å². The molecule has 20 heavy (non-hydrogen) atoms. The Morgan fingerprint density at radius 2 is 1.90 bits per heavy atom. The first-order chi connectivity index (χ1) is 9.61. The first kappa shape index (κ1) is 13.4. The standard InChI is InChI=1S/C18H17ClO/c1-12-7-16(11-17(19)8-12)18(20)10-13-5-6-14-3-2-4-15(14)9-13/h5-9,11H,2-4,10H2,1H3. The topological polar surface area (TPSA) is 17.1 Å². The maximum atomic E-state index is 12.4. The van der Waals surface area contributed by atoms with Gasteiger partial charge < -0.3 is 0 Å². The molecular weight excluding hydrogens is 268 g/mol. The molecule has 0 unspecified atom stereocenters. The largest absolute Gasteiger partial charge is 0.294 e. The van der Waals surface area contributed by atoms with Crippen LogP contribution in [0.15, 0.2) is 36.4 Å². The highest BCUT2D eigenvalue weighted by atomic mass is 35.5. The molecule has 2 heteroatoms. The van der Waals surface area contributed by atoms with Crippen LogP contribution in [0.25, 0.3) is 0 Å². The monoisotopic (exact) mass is 284 g/mol. The summed E-state index contributed by atoms with van der Waals surface area (Å²) in [5, 5.41) is 0.627. The van der Waals surface area contributed by atoms with Gasteiger partial charge in [0, 0.05) is 17.0 Å². The van der Waals surface area contributed by atoms with E-state index in [1.165, 1.54) is 24.0 Å². The molecule has 0 atom stereocenters. The Morgan fingerprint density at radius 1 is 1.10 bits per heavy atom. The molecule has 0 saturated heterocycles. The van der Waals surface area contributed by atoms with E-state index < -0.39 is 0 Å². The lowest BCUT2D eigenvalue weighted by Gasteiger charge is -2.06. The second-order valence-electron chi connectivity index (χ2n) is 5.57. The molecule has 2 aromatic carbocycles. The van der Waals surface area contributed by atoms with Gasteiger partial charge in [-0.25, -0.2) is 0 Å². The fraction of sp³-hybridized carbons (Fsp3) is 0.278. The van der Waals surface area contributed by atoms with Crippen molar-refractivity contribution in [3.05, 3.63) is 69.2 Å². The number of carbonyl (C=O) groups excluding carboxylic acids is 1. The van der Waals surface area contributed by atoms with Gasteiger partial charge in [0.15, 0.2) is 5.78 Å². The molecule has 1 aliphatic carbocycles. The van der Waals surface area contributed by atoms with Crippen molar-refractivity contribution < 1.29 is 4.79 Å². The number of hydrogen-bond acceptors (Lipinski definition) is 1. The van der Waals surface area contributed by atoms with E-state index in [2.05, 4.69) is 18.2 Å². The van der Waals surface area contributed by atoms with Gasteiger partial charge in [-0.05, 0) is 66.6 Å². The van der Waals surface area contributed by atoms with Gasteiger partial charge in [-0.2, -0.15) is 0 Å². The number of ketones is 1. The molecule has 0 saturated carbocycles. The van der Waals surface area contributed by atoms with Crippen molar-refractivity contribution in [2.45, 2.75) is 32.6 Å². The number of aryl methyl sites for hydroxylation is 3. The normalized spacial score (nSPS) is 13.3. The second kappa shape index (κ2) is 5.41. The summed E-state index contributed by atoms with van der Waals surface area (Å²) in [5.74, 6) is 0.133. The van der Waals surface area contributed by atoms with Crippen molar-refractivity contribution in [1.82, 2.24) is 0 Å². The van der Waals surface area contributed by atoms with Crippen LogP contribution in [0.4, 0.5) is 0 Å². The average Bonchev–Trinajstić information content (AvgIpc) is 2.85. The highest BCUT2D eigenvalue weighted by molar-refractivity contribution is 6.31. The highest BCUT2D eigenvalue weighted by Gasteiger charge is 2.13. The Kier molecular flexibility index (Phi) is 3.62. The molecule has 1 nitrogen and oxygen atoms in total. The number of hydrogen-bond donors (Lipinski definition) is 0. The van der Waals surface area contributed by atoms with Crippen molar-refractivity contribution in [3.8, 4) is 0 Å². The highest BCUT2D eigenvalue weighted by Crippen LogP contribution is 2.24. The lowest BCUT2D eigenvalue weighted by Crippen LogP contribution is -2.04. The van der Waals surface area contributed by atoms with Crippen molar-refractivity contribution in [2.24, 2.45) is 0 Å². The average molecular weight is 285 g/mol. The van der Waals surface area contributed by atoms with Crippen LogP contribution in [0, 0.1) is 6.92 Å². The smallest absolute Gasteiger partial charge is 0.167 e. The lowest BCUT2D eigenvalue weighted by atomic mass is 9.99. The summed E-state index contributed by atoms with van der Waals surface area (Å²) in [4.78, 5) is 12.4. The van der Waals surface area contributed by atoms with Gasteiger partial charge in [-0.1, -0.05) is 29.8 Å². The van der Waals surface area contributed by atoms with Gasteiger partial charge in [-0.3, -0.25) is 4.79 Å². The molecule has 0 radical (unpaired) electrons. The summed E-state index contributed by atoms with van der Waals surface area (Å²) >= 11 is 6.02. The van der Waals surface area contributed by atoms with Crippen molar-refractivity contribution in [2.75, 3.05) is 0 Å². The molecule has 0 aromatic heterocycles. The summed E-state index contributed by atoms with van der Waals surface area (Å²) < 4.78 is 0. The predicted octanol–water partition coefficient (Wildman–Crippen LogP) is 4.56. The van der Waals surface area contributed by atoms with Crippen LogP contribution in [-0.4, -0.2) is 5.78 Å². The zero-order valence-corrected chi connectivity index (χ0v) is 12.3. The molecule has 0 spiro atoms. The van der Waals surface area contributed by atoms with Crippen LogP contribution in [-0.2, 0) is 19.3 Å². The molecule has 102 valence electrons. The Labute approximate surface area is 124 Å². The second-order valence-corrected chi connectivity index (χ2v) is 6.01.